The van der Waals surface area contributed by atoms with Crippen LogP contribution < -0.4 is 10.6 Å². The van der Waals surface area contributed by atoms with Gasteiger partial charge in [0.15, 0.2) is 0 Å². The number of nitrogens with zero attached hydrogens (tertiary/aromatic N) is 1. The van der Waals surface area contributed by atoms with Crippen molar-refractivity contribution < 1.29 is 4.79 Å². The summed E-state index contributed by atoms with van der Waals surface area (Å²) in [4.78, 5) is 16.3. The molecule has 5 heteroatoms. The third kappa shape index (κ3) is 3.87. The second kappa shape index (κ2) is 6.45. The zero-order valence-electron chi connectivity index (χ0n) is 11.1. The number of thiophene rings is 1. The Kier molecular flexibility index (Phi) is 4.65. The van der Waals surface area contributed by atoms with Gasteiger partial charge in [0.05, 0.1) is 5.69 Å². The molecule has 2 aromatic heterocycles. The van der Waals surface area contributed by atoms with Crippen LogP contribution in [0.5, 0.6) is 0 Å². The van der Waals surface area contributed by atoms with Gasteiger partial charge in [0, 0.05) is 37.3 Å². The fourth-order valence-electron chi connectivity index (χ4n) is 1.77. The van der Waals surface area contributed by atoms with Gasteiger partial charge in [-0.2, -0.15) is 0 Å². The van der Waals surface area contributed by atoms with Crippen molar-refractivity contribution in [2.75, 3.05) is 5.32 Å². The lowest BCUT2D eigenvalue weighted by Gasteiger charge is -2.08. The number of aryl methyl sites for hydroxylation is 1. The summed E-state index contributed by atoms with van der Waals surface area (Å²) in [6, 6.07) is 3.93. The molecular weight excluding hydrogens is 258 g/mol. The number of hydrogen-bond donors (Lipinski definition) is 2. The van der Waals surface area contributed by atoms with Gasteiger partial charge in [0.1, 0.15) is 0 Å². The van der Waals surface area contributed by atoms with Gasteiger partial charge in [-0.15, -0.1) is 11.3 Å². The molecule has 0 aromatic carbocycles. The van der Waals surface area contributed by atoms with E-state index in [9.17, 15) is 4.79 Å². The molecule has 2 aromatic rings. The van der Waals surface area contributed by atoms with E-state index in [1.165, 1.54) is 18.1 Å². The Morgan fingerprint density at radius 3 is 2.95 bits per heavy atom. The van der Waals surface area contributed by atoms with Gasteiger partial charge in [-0.1, -0.05) is 0 Å². The van der Waals surface area contributed by atoms with Gasteiger partial charge in [-0.25, -0.2) is 0 Å². The Morgan fingerprint density at radius 1 is 1.37 bits per heavy atom. The number of aromatic nitrogens is 1. The van der Waals surface area contributed by atoms with E-state index < -0.39 is 0 Å². The van der Waals surface area contributed by atoms with Crippen LogP contribution in [0.1, 0.15) is 22.9 Å². The molecule has 2 N–H and O–H groups in total. The fraction of sp³-hybridized carbons (Fsp3) is 0.286. The van der Waals surface area contributed by atoms with Crippen LogP contribution in [0, 0.1) is 6.92 Å². The van der Waals surface area contributed by atoms with Crippen LogP contribution in [0.3, 0.4) is 0 Å². The summed E-state index contributed by atoms with van der Waals surface area (Å²) in [5.41, 5.74) is 3.32. The summed E-state index contributed by atoms with van der Waals surface area (Å²) in [5.74, 6) is -0.0391. The van der Waals surface area contributed by atoms with E-state index in [1.54, 1.807) is 17.5 Å². The van der Waals surface area contributed by atoms with Crippen molar-refractivity contribution in [1.29, 1.82) is 0 Å². The van der Waals surface area contributed by atoms with Crippen LogP contribution in [0.2, 0.25) is 0 Å². The summed E-state index contributed by atoms with van der Waals surface area (Å²) in [7, 11) is 0. The monoisotopic (exact) mass is 275 g/mol. The summed E-state index contributed by atoms with van der Waals surface area (Å²) < 4.78 is 0. The first-order chi connectivity index (χ1) is 9.16. The van der Waals surface area contributed by atoms with Crippen molar-refractivity contribution in [3.05, 3.63) is 45.9 Å². The Morgan fingerprint density at radius 2 is 2.21 bits per heavy atom. The first-order valence-corrected chi connectivity index (χ1v) is 6.99. The average Bonchev–Trinajstić information content (AvgIpc) is 2.78. The minimum Gasteiger partial charge on any atom is -0.325 e. The molecule has 0 fully saturated rings. The van der Waals surface area contributed by atoms with Crippen LogP contribution in [-0.2, 0) is 17.9 Å². The van der Waals surface area contributed by atoms with E-state index in [0.717, 1.165) is 23.7 Å². The third-order valence-corrected chi connectivity index (χ3v) is 3.73. The maximum Gasteiger partial charge on any atom is 0.221 e. The van der Waals surface area contributed by atoms with Crippen LogP contribution in [0.4, 0.5) is 5.69 Å². The molecule has 19 heavy (non-hydrogen) atoms. The van der Waals surface area contributed by atoms with Crippen LogP contribution in [-0.4, -0.2) is 10.9 Å². The lowest BCUT2D eigenvalue weighted by atomic mass is 10.1. The van der Waals surface area contributed by atoms with E-state index in [1.807, 2.05) is 23.7 Å². The second-order valence-electron chi connectivity index (χ2n) is 4.34. The van der Waals surface area contributed by atoms with E-state index in [-0.39, 0.29) is 5.91 Å². The lowest BCUT2D eigenvalue weighted by molar-refractivity contribution is -0.114. The fourth-order valence-corrected chi connectivity index (χ4v) is 2.57. The second-order valence-corrected chi connectivity index (χ2v) is 5.35. The van der Waals surface area contributed by atoms with E-state index >= 15 is 0 Å². The molecule has 0 spiro atoms. The highest BCUT2D eigenvalue weighted by Crippen LogP contribution is 2.22. The lowest BCUT2D eigenvalue weighted by Crippen LogP contribution is -2.15. The molecule has 0 bridgehead atoms. The first kappa shape index (κ1) is 13.7. The number of nitrogens with one attached hydrogen (secondary N) is 2. The predicted octanol–water partition coefficient (Wildman–Crippen LogP) is 2.70. The maximum atomic E-state index is 11.1. The number of amides is 1. The van der Waals surface area contributed by atoms with Gasteiger partial charge in [0.2, 0.25) is 5.91 Å². The molecule has 2 heterocycles. The van der Waals surface area contributed by atoms with E-state index in [0.29, 0.717) is 0 Å². The largest absolute Gasteiger partial charge is 0.325 e. The number of carbonyl (C=O) groups is 1. The Balaban J connectivity index is 1.91. The molecule has 0 unspecified atom stereocenters. The molecule has 0 saturated carbocycles. The predicted molar refractivity (Wildman–Crippen MR) is 78.1 cm³/mol. The topological polar surface area (TPSA) is 54.0 Å². The molecule has 0 radical (unpaired) electrons. The van der Waals surface area contributed by atoms with Crippen molar-refractivity contribution in [1.82, 2.24) is 10.3 Å². The number of hydrogen-bond acceptors (Lipinski definition) is 4. The Hall–Kier alpha value is -1.72. The Bertz CT molecular complexity index is 565. The van der Waals surface area contributed by atoms with E-state index in [2.05, 4.69) is 22.5 Å². The minimum absolute atomic E-state index is 0.0391. The minimum atomic E-state index is -0.0391. The molecule has 100 valence electrons. The summed E-state index contributed by atoms with van der Waals surface area (Å²) >= 11 is 1.64. The average molecular weight is 275 g/mol. The van der Waals surface area contributed by atoms with E-state index in [4.69, 9.17) is 0 Å². The van der Waals surface area contributed by atoms with Gasteiger partial charge in [-0.3, -0.25) is 9.78 Å². The van der Waals surface area contributed by atoms with Crippen molar-refractivity contribution in [2.24, 2.45) is 0 Å². The molecule has 1 amide bonds. The highest BCUT2D eigenvalue weighted by Gasteiger charge is 2.05. The van der Waals surface area contributed by atoms with Crippen molar-refractivity contribution in [3.63, 3.8) is 0 Å². The quantitative estimate of drug-likeness (QED) is 0.882. The van der Waals surface area contributed by atoms with Gasteiger partial charge in [0.25, 0.3) is 0 Å². The van der Waals surface area contributed by atoms with Crippen molar-refractivity contribution >= 4 is 22.9 Å². The number of pyridine rings is 1. The van der Waals surface area contributed by atoms with Gasteiger partial charge in [-0.05, 0) is 35.6 Å². The Labute approximate surface area is 116 Å². The highest BCUT2D eigenvalue weighted by atomic mass is 32.1. The molecule has 2 rings (SSSR count). The smallest absolute Gasteiger partial charge is 0.221 e. The van der Waals surface area contributed by atoms with Crippen molar-refractivity contribution in [3.8, 4) is 0 Å². The summed E-state index contributed by atoms with van der Waals surface area (Å²) in [6.07, 6.45) is 3.68. The first-order valence-electron chi connectivity index (χ1n) is 6.11. The SMILES string of the molecule is CC(=O)Nc1ccsc1CNCc1cnccc1C. The molecule has 4 nitrogen and oxygen atoms in total. The standard InChI is InChI=1S/C14H17N3OS/c1-10-3-5-15-7-12(10)8-16-9-14-13(4-6-19-14)17-11(2)18/h3-7,16H,8-9H2,1-2H3,(H,17,18). The van der Waals surface area contributed by atoms with Gasteiger partial charge < -0.3 is 10.6 Å². The maximum absolute atomic E-state index is 11.1. The number of carbonyl (C=O) groups excluding carboxylic acids is 1. The van der Waals surface area contributed by atoms with Crippen molar-refractivity contribution in [2.45, 2.75) is 26.9 Å². The zero-order chi connectivity index (χ0) is 13.7. The highest BCUT2D eigenvalue weighted by molar-refractivity contribution is 7.10. The molecular formula is C14H17N3OS. The normalized spacial score (nSPS) is 10.4. The molecule has 0 aliphatic carbocycles. The molecule has 0 aliphatic rings. The summed E-state index contributed by atoms with van der Waals surface area (Å²) in [5, 5.41) is 8.19. The van der Waals surface area contributed by atoms with Crippen LogP contribution in [0.15, 0.2) is 29.9 Å². The summed E-state index contributed by atoms with van der Waals surface area (Å²) in [6.45, 7) is 5.11. The number of anilines is 1. The van der Waals surface area contributed by atoms with Crippen LogP contribution in [0.25, 0.3) is 0 Å². The molecule has 0 aliphatic heterocycles. The molecule has 0 atom stereocenters. The zero-order valence-corrected chi connectivity index (χ0v) is 11.9. The number of rotatable bonds is 5. The third-order valence-electron chi connectivity index (χ3n) is 2.80. The van der Waals surface area contributed by atoms with Gasteiger partial charge >= 0.3 is 0 Å². The molecule has 0 saturated heterocycles. The van der Waals surface area contributed by atoms with Crippen LogP contribution >= 0.6 is 11.3 Å².